The fourth-order valence-corrected chi connectivity index (χ4v) is 1.05. The molecular weight excluding hydrogens is 200 g/mol. The van der Waals surface area contributed by atoms with Gasteiger partial charge in [-0.3, -0.25) is 0 Å². The van der Waals surface area contributed by atoms with Crippen molar-refractivity contribution < 1.29 is 28.0 Å². The largest absolute Gasteiger partial charge is 0.573 e. The molecule has 0 saturated heterocycles. The minimum Gasteiger partial charge on any atom is -0.427 e. The zero-order valence-corrected chi connectivity index (χ0v) is 7.03. The molecule has 1 aliphatic carbocycles. The van der Waals surface area contributed by atoms with E-state index < -0.39 is 19.3 Å². The van der Waals surface area contributed by atoms with Crippen molar-refractivity contribution in [1.82, 2.24) is 0 Å². The molecule has 0 fully saturated rings. The zero-order valence-electron chi connectivity index (χ0n) is 7.03. The number of hydrogen-bond acceptors (Lipinski definition) is 3. The number of halogens is 3. The van der Waals surface area contributed by atoms with Gasteiger partial charge in [-0.25, -0.2) is 0 Å². The first-order valence-corrected chi connectivity index (χ1v) is 3.89. The molecule has 14 heavy (non-hydrogen) atoms. The van der Waals surface area contributed by atoms with Gasteiger partial charge in [0.05, 0.1) is 0 Å². The first kappa shape index (κ1) is 11.1. The Bertz CT molecular complexity index is 259. The van der Waals surface area contributed by atoms with Crippen molar-refractivity contribution in [2.24, 2.45) is 0 Å². The van der Waals surface area contributed by atoms with E-state index in [4.69, 9.17) is 10.0 Å². The molecule has 0 bridgehead atoms. The van der Waals surface area contributed by atoms with Gasteiger partial charge in [0.15, 0.2) is 0 Å². The van der Waals surface area contributed by atoms with E-state index in [0.29, 0.717) is 0 Å². The van der Waals surface area contributed by atoms with Gasteiger partial charge in [-0.05, 0) is 18.6 Å². The lowest BCUT2D eigenvalue weighted by atomic mass is 9.69. The number of rotatable bonds is 2. The average Bonchev–Trinajstić information content (AvgIpc) is 2.02. The first-order chi connectivity index (χ1) is 6.38. The van der Waals surface area contributed by atoms with E-state index in [1.165, 1.54) is 6.08 Å². The second-order valence-electron chi connectivity index (χ2n) is 2.83. The third kappa shape index (κ3) is 3.43. The minimum atomic E-state index is -4.71. The Morgan fingerprint density at radius 3 is 2.43 bits per heavy atom. The summed E-state index contributed by atoms with van der Waals surface area (Å²) in [4.78, 5) is 0. The molecule has 0 aromatic carbocycles. The predicted octanol–water partition coefficient (Wildman–Crippen LogP) is 1.21. The smallest absolute Gasteiger partial charge is 0.427 e. The number of ether oxygens (including phenoxy) is 1. The molecule has 1 atom stereocenters. The second-order valence-corrected chi connectivity index (χ2v) is 2.83. The van der Waals surface area contributed by atoms with E-state index in [1.54, 1.807) is 0 Å². The fourth-order valence-electron chi connectivity index (χ4n) is 1.05. The van der Waals surface area contributed by atoms with E-state index in [0.717, 1.165) is 12.2 Å². The summed E-state index contributed by atoms with van der Waals surface area (Å²) in [6, 6.07) is 0. The first-order valence-electron chi connectivity index (χ1n) is 3.89. The summed E-state index contributed by atoms with van der Waals surface area (Å²) in [5.74, 6) is -0.898. The summed E-state index contributed by atoms with van der Waals surface area (Å²) in [7, 11) is -1.56. The highest BCUT2D eigenvalue weighted by Crippen LogP contribution is 2.27. The fraction of sp³-hybridized carbons (Fsp3) is 0.429. The Balaban J connectivity index is 2.51. The van der Waals surface area contributed by atoms with Crippen LogP contribution in [0.4, 0.5) is 13.2 Å². The molecule has 0 aromatic rings. The third-order valence-electron chi connectivity index (χ3n) is 1.72. The maximum Gasteiger partial charge on any atom is 0.573 e. The molecule has 0 amide bonds. The van der Waals surface area contributed by atoms with Crippen LogP contribution in [-0.4, -0.2) is 23.5 Å². The Morgan fingerprint density at radius 2 is 2.07 bits per heavy atom. The standard InChI is InChI=1S/C7H8BF3O3/c9-7(10,11)14-6-3-1-5(2-4-6)8(12)13/h1,3-5,12-13H,2H2/t5-/m0/s1. The van der Waals surface area contributed by atoms with Crippen LogP contribution in [0.15, 0.2) is 24.0 Å². The third-order valence-corrected chi connectivity index (χ3v) is 1.72. The number of alkyl halides is 3. The van der Waals surface area contributed by atoms with Gasteiger partial charge in [-0.2, -0.15) is 0 Å². The summed E-state index contributed by atoms with van der Waals surface area (Å²) in [5.41, 5.74) is 0. The van der Waals surface area contributed by atoms with Crippen molar-refractivity contribution in [1.29, 1.82) is 0 Å². The van der Waals surface area contributed by atoms with E-state index in [1.807, 2.05) is 0 Å². The van der Waals surface area contributed by atoms with Gasteiger partial charge in [0.25, 0.3) is 0 Å². The predicted molar refractivity (Wildman–Crippen MR) is 42.9 cm³/mol. The molecule has 0 saturated carbocycles. The molecular formula is C7H8BF3O3. The van der Waals surface area contributed by atoms with Gasteiger partial charge in [-0.1, -0.05) is 6.08 Å². The quantitative estimate of drug-likeness (QED) is 0.670. The van der Waals surface area contributed by atoms with Crippen molar-refractivity contribution in [2.75, 3.05) is 0 Å². The molecule has 7 heteroatoms. The van der Waals surface area contributed by atoms with Crippen LogP contribution >= 0.6 is 0 Å². The second kappa shape index (κ2) is 4.06. The van der Waals surface area contributed by atoms with E-state index >= 15 is 0 Å². The SMILES string of the molecule is OB(O)[C@H]1C=CC(OC(F)(F)F)=CC1. The lowest BCUT2D eigenvalue weighted by molar-refractivity contribution is -0.303. The van der Waals surface area contributed by atoms with Crippen molar-refractivity contribution in [3.8, 4) is 0 Å². The molecule has 0 radical (unpaired) electrons. The van der Waals surface area contributed by atoms with Gasteiger partial charge in [0.1, 0.15) is 5.76 Å². The molecule has 3 nitrogen and oxygen atoms in total. The van der Waals surface area contributed by atoms with Crippen LogP contribution in [0, 0.1) is 0 Å². The van der Waals surface area contributed by atoms with Gasteiger partial charge in [0.2, 0.25) is 0 Å². The summed E-state index contributed by atoms with van der Waals surface area (Å²) in [6.45, 7) is 0. The molecule has 0 aliphatic heterocycles. The molecule has 78 valence electrons. The molecule has 0 spiro atoms. The normalized spacial score (nSPS) is 21.8. The van der Waals surface area contributed by atoms with Crippen LogP contribution in [0.5, 0.6) is 0 Å². The maximum atomic E-state index is 11.7. The van der Waals surface area contributed by atoms with Crippen molar-refractivity contribution in [3.63, 3.8) is 0 Å². The summed E-state index contributed by atoms with van der Waals surface area (Å²) in [6.07, 6.45) is -1.09. The highest BCUT2D eigenvalue weighted by molar-refractivity contribution is 6.44. The minimum absolute atomic E-state index is 0.111. The summed E-state index contributed by atoms with van der Waals surface area (Å²) < 4.78 is 38.7. The molecule has 0 aromatic heterocycles. The molecule has 0 heterocycles. The number of allylic oxidation sites excluding steroid dienone is 3. The number of hydrogen-bond donors (Lipinski definition) is 2. The van der Waals surface area contributed by atoms with Gasteiger partial charge in [0, 0.05) is 5.82 Å². The molecule has 2 N–H and O–H groups in total. The van der Waals surface area contributed by atoms with E-state index in [-0.39, 0.29) is 12.2 Å². The Kier molecular flexibility index (Phi) is 3.23. The van der Waals surface area contributed by atoms with E-state index in [2.05, 4.69) is 4.74 Å². The average molecular weight is 208 g/mol. The zero-order chi connectivity index (χ0) is 10.8. The van der Waals surface area contributed by atoms with Crippen LogP contribution in [0.3, 0.4) is 0 Å². The van der Waals surface area contributed by atoms with Crippen LogP contribution in [0.1, 0.15) is 6.42 Å². The van der Waals surface area contributed by atoms with Crippen LogP contribution in [0.25, 0.3) is 0 Å². The summed E-state index contributed by atoms with van der Waals surface area (Å²) in [5, 5.41) is 17.4. The lowest BCUT2D eigenvalue weighted by Crippen LogP contribution is -2.20. The summed E-state index contributed by atoms with van der Waals surface area (Å²) >= 11 is 0. The van der Waals surface area contributed by atoms with Gasteiger partial charge >= 0.3 is 13.5 Å². The van der Waals surface area contributed by atoms with Gasteiger partial charge in [-0.15, -0.1) is 13.2 Å². The molecule has 1 aliphatic rings. The monoisotopic (exact) mass is 208 g/mol. The Labute approximate surface area is 78.6 Å². The van der Waals surface area contributed by atoms with Crippen molar-refractivity contribution in [3.05, 3.63) is 24.0 Å². The van der Waals surface area contributed by atoms with Crippen LogP contribution in [0.2, 0.25) is 5.82 Å². The lowest BCUT2D eigenvalue weighted by Gasteiger charge is -2.16. The molecule has 1 rings (SSSR count). The van der Waals surface area contributed by atoms with Crippen LogP contribution < -0.4 is 0 Å². The Morgan fingerprint density at radius 1 is 1.43 bits per heavy atom. The Hall–Kier alpha value is -0.945. The topological polar surface area (TPSA) is 49.7 Å². The van der Waals surface area contributed by atoms with Crippen molar-refractivity contribution >= 4 is 7.12 Å². The highest BCUT2D eigenvalue weighted by atomic mass is 19.4. The van der Waals surface area contributed by atoms with Gasteiger partial charge < -0.3 is 14.8 Å². The molecule has 0 unspecified atom stereocenters. The van der Waals surface area contributed by atoms with E-state index in [9.17, 15) is 13.2 Å². The van der Waals surface area contributed by atoms with Crippen molar-refractivity contribution in [2.45, 2.75) is 18.6 Å². The highest BCUT2D eigenvalue weighted by Gasteiger charge is 2.32. The maximum absolute atomic E-state index is 11.7. The van der Waals surface area contributed by atoms with Crippen LogP contribution in [-0.2, 0) is 4.74 Å².